The van der Waals surface area contributed by atoms with E-state index in [0.29, 0.717) is 18.9 Å². The van der Waals surface area contributed by atoms with Gasteiger partial charge >= 0.3 is 0 Å². The highest BCUT2D eigenvalue weighted by molar-refractivity contribution is 7.13. The van der Waals surface area contributed by atoms with Gasteiger partial charge < -0.3 is 9.30 Å². The molecule has 3 heterocycles. The Morgan fingerprint density at radius 1 is 1.07 bits per heavy atom. The Labute approximate surface area is 168 Å². The summed E-state index contributed by atoms with van der Waals surface area (Å²) in [5, 5.41) is 3.91. The minimum absolute atomic E-state index is 0.579. The molecule has 0 amide bonds. The molecule has 0 atom stereocenters. The molecule has 0 saturated carbocycles. The lowest BCUT2D eigenvalue weighted by Gasteiger charge is -2.12. The molecule has 0 aliphatic carbocycles. The van der Waals surface area contributed by atoms with E-state index in [1.807, 2.05) is 25.5 Å². The zero-order valence-electron chi connectivity index (χ0n) is 16.6. The molecule has 144 valence electrons. The maximum atomic E-state index is 5.85. The van der Waals surface area contributed by atoms with Crippen molar-refractivity contribution in [1.82, 2.24) is 24.5 Å². The maximum Gasteiger partial charge on any atom is 0.224 e. The number of aromatic nitrogens is 5. The summed E-state index contributed by atoms with van der Waals surface area (Å²) in [7, 11) is 2.01. The van der Waals surface area contributed by atoms with Gasteiger partial charge in [-0.2, -0.15) is 4.98 Å². The van der Waals surface area contributed by atoms with Crippen molar-refractivity contribution in [2.24, 2.45) is 7.05 Å². The molecule has 28 heavy (non-hydrogen) atoms. The number of nitrogens with zero attached hydrogens (tertiary/aromatic N) is 5. The van der Waals surface area contributed by atoms with Crippen molar-refractivity contribution in [2.45, 2.75) is 33.6 Å². The summed E-state index contributed by atoms with van der Waals surface area (Å²) < 4.78 is 7.90. The Kier molecular flexibility index (Phi) is 5.09. The smallest absolute Gasteiger partial charge is 0.224 e. The molecule has 0 aliphatic rings. The summed E-state index contributed by atoms with van der Waals surface area (Å²) in [6, 6.07) is 4.19. The number of ether oxygens (including phenoxy) is 1. The third-order valence-electron chi connectivity index (χ3n) is 4.75. The molecule has 0 fully saturated rings. The van der Waals surface area contributed by atoms with Crippen LogP contribution in [0.3, 0.4) is 0 Å². The molecule has 1 aromatic carbocycles. The molecule has 0 aliphatic heterocycles. The number of imidazole rings is 1. The van der Waals surface area contributed by atoms with Crippen LogP contribution in [0.1, 0.15) is 29.7 Å². The third-order valence-corrected chi connectivity index (χ3v) is 5.55. The van der Waals surface area contributed by atoms with E-state index in [1.54, 1.807) is 17.5 Å². The summed E-state index contributed by atoms with van der Waals surface area (Å²) in [5.41, 5.74) is 4.14. The minimum atomic E-state index is 0.579. The normalized spacial score (nSPS) is 11.3. The quantitative estimate of drug-likeness (QED) is 0.489. The van der Waals surface area contributed by atoms with E-state index in [2.05, 4.69) is 35.5 Å². The molecule has 4 aromatic rings. The third kappa shape index (κ3) is 3.49. The van der Waals surface area contributed by atoms with Crippen molar-refractivity contribution in [2.75, 3.05) is 6.61 Å². The Bertz CT molecular complexity index is 1120. The molecular weight excluding hydrogens is 370 g/mol. The fourth-order valence-electron chi connectivity index (χ4n) is 3.30. The summed E-state index contributed by atoms with van der Waals surface area (Å²) in [4.78, 5) is 18.6. The van der Waals surface area contributed by atoms with Crippen LogP contribution in [0.2, 0.25) is 0 Å². The van der Waals surface area contributed by atoms with Gasteiger partial charge in [-0.05, 0) is 31.9 Å². The number of thiazole rings is 1. The number of benzene rings is 1. The number of fused-ring (bicyclic) bond motifs is 1. The van der Waals surface area contributed by atoms with Crippen molar-refractivity contribution in [3.63, 3.8) is 0 Å². The van der Waals surface area contributed by atoms with Gasteiger partial charge in [0.2, 0.25) is 5.88 Å². The standard InChI is InChI=1S/C21H23N5OS/c1-5-27-20-18-13(2)6-7-14(3)19(18)24-16(25-20)8-9-17-23-15(12-26(17)4)21-22-10-11-28-21/h6-7,10-12H,5,8-9H2,1-4H3. The molecule has 3 aromatic heterocycles. The first kappa shape index (κ1) is 18.6. The van der Waals surface area contributed by atoms with Gasteiger partial charge in [-0.15, -0.1) is 11.3 Å². The van der Waals surface area contributed by atoms with E-state index < -0.39 is 0 Å². The van der Waals surface area contributed by atoms with Gasteiger partial charge in [-0.25, -0.2) is 15.0 Å². The first-order valence-corrected chi connectivity index (χ1v) is 10.3. The van der Waals surface area contributed by atoms with Gasteiger partial charge in [-0.1, -0.05) is 12.1 Å². The van der Waals surface area contributed by atoms with Crippen LogP contribution in [0, 0.1) is 13.8 Å². The van der Waals surface area contributed by atoms with Crippen molar-refractivity contribution in [1.29, 1.82) is 0 Å². The first-order valence-electron chi connectivity index (χ1n) is 9.38. The van der Waals surface area contributed by atoms with Crippen LogP contribution in [0.15, 0.2) is 29.9 Å². The number of aryl methyl sites for hydroxylation is 5. The minimum Gasteiger partial charge on any atom is -0.477 e. The Morgan fingerprint density at radius 2 is 1.89 bits per heavy atom. The molecule has 0 spiro atoms. The van der Waals surface area contributed by atoms with Gasteiger partial charge in [0.15, 0.2) is 0 Å². The SMILES string of the molecule is CCOc1nc(CCc2nc(-c3nccs3)cn2C)nc2c(C)ccc(C)c12. The molecule has 0 saturated heterocycles. The van der Waals surface area contributed by atoms with Gasteiger partial charge in [-0.3, -0.25) is 0 Å². The van der Waals surface area contributed by atoms with E-state index in [0.717, 1.165) is 50.8 Å². The molecule has 4 rings (SSSR count). The zero-order valence-corrected chi connectivity index (χ0v) is 17.4. The lowest BCUT2D eigenvalue weighted by molar-refractivity contribution is 0.329. The molecule has 0 unspecified atom stereocenters. The molecule has 6 nitrogen and oxygen atoms in total. The molecule has 0 bridgehead atoms. The Balaban J connectivity index is 1.64. The lowest BCUT2D eigenvalue weighted by atomic mass is 10.1. The fourth-order valence-corrected chi connectivity index (χ4v) is 3.90. The first-order chi connectivity index (χ1) is 13.6. The summed E-state index contributed by atoms with van der Waals surface area (Å²) in [6.45, 7) is 6.71. The zero-order chi connectivity index (χ0) is 19.7. The summed E-state index contributed by atoms with van der Waals surface area (Å²) >= 11 is 1.60. The van der Waals surface area contributed by atoms with Crippen molar-refractivity contribution >= 4 is 22.2 Å². The maximum absolute atomic E-state index is 5.85. The van der Waals surface area contributed by atoms with Gasteiger partial charge in [0, 0.05) is 37.7 Å². The average Bonchev–Trinajstić information content (AvgIpc) is 3.33. The predicted molar refractivity (Wildman–Crippen MR) is 112 cm³/mol. The highest BCUT2D eigenvalue weighted by Crippen LogP contribution is 2.29. The molecular formula is C21H23N5OS. The van der Waals surface area contributed by atoms with Gasteiger partial charge in [0.05, 0.1) is 17.5 Å². The van der Waals surface area contributed by atoms with Crippen LogP contribution in [0.5, 0.6) is 5.88 Å². The van der Waals surface area contributed by atoms with Crippen molar-refractivity contribution in [3.05, 3.63) is 52.7 Å². The largest absolute Gasteiger partial charge is 0.477 e. The van der Waals surface area contributed by atoms with E-state index in [4.69, 9.17) is 19.7 Å². The molecule has 0 radical (unpaired) electrons. The van der Waals surface area contributed by atoms with Crippen molar-refractivity contribution < 1.29 is 4.74 Å². The van der Waals surface area contributed by atoms with Crippen LogP contribution >= 0.6 is 11.3 Å². The van der Waals surface area contributed by atoms with E-state index in [-0.39, 0.29) is 0 Å². The molecule has 7 heteroatoms. The highest BCUT2D eigenvalue weighted by atomic mass is 32.1. The number of hydrogen-bond acceptors (Lipinski definition) is 6. The van der Waals surface area contributed by atoms with Gasteiger partial charge in [0.25, 0.3) is 0 Å². The van der Waals surface area contributed by atoms with E-state index in [1.165, 1.54) is 0 Å². The number of rotatable bonds is 6. The monoisotopic (exact) mass is 393 g/mol. The van der Waals surface area contributed by atoms with Crippen LogP contribution in [0.4, 0.5) is 0 Å². The van der Waals surface area contributed by atoms with Crippen LogP contribution in [-0.2, 0) is 19.9 Å². The van der Waals surface area contributed by atoms with Crippen molar-refractivity contribution in [3.8, 4) is 16.6 Å². The topological polar surface area (TPSA) is 65.7 Å². The summed E-state index contributed by atoms with van der Waals surface area (Å²) in [5.74, 6) is 2.45. The van der Waals surface area contributed by atoms with E-state index >= 15 is 0 Å². The van der Waals surface area contributed by atoms with E-state index in [9.17, 15) is 0 Å². The Morgan fingerprint density at radius 3 is 2.64 bits per heavy atom. The van der Waals surface area contributed by atoms with Crippen LogP contribution in [0.25, 0.3) is 21.6 Å². The molecule has 0 N–H and O–H groups in total. The summed E-state index contributed by atoms with van der Waals surface area (Å²) in [6.07, 6.45) is 5.28. The lowest BCUT2D eigenvalue weighted by Crippen LogP contribution is -2.06. The fraction of sp³-hybridized carbons (Fsp3) is 0.333. The second-order valence-corrected chi connectivity index (χ2v) is 7.69. The Hall–Kier alpha value is -2.80. The van der Waals surface area contributed by atoms with Crippen LogP contribution in [-0.4, -0.2) is 31.1 Å². The van der Waals surface area contributed by atoms with Gasteiger partial charge in [0.1, 0.15) is 22.4 Å². The average molecular weight is 394 g/mol. The number of hydrogen-bond donors (Lipinski definition) is 0. The highest BCUT2D eigenvalue weighted by Gasteiger charge is 2.15. The predicted octanol–water partition coefficient (Wildman–Crippen LogP) is 4.29. The second kappa shape index (κ2) is 7.67. The second-order valence-electron chi connectivity index (χ2n) is 6.79. The van der Waals surface area contributed by atoms with Crippen LogP contribution < -0.4 is 4.74 Å².